The quantitative estimate of drug-likeness (QED) is 0.753. The van der Waals surface area contributed by atoms with Crippen molar-refractivity contribution in [3.8, 4) is 0 Å². The van der Waals surface area contributed by atoms with Crippen LogP contribution in [0.25, 0.3) is 0 Å². The molecule has 0 unspecified atom stereocenters. The van der Waals surface area contributed by atoms with Gasteiger partial charge in [-0.05, 0) is 11.4 Å². The molecule has 6 heteroatoms. The number of ether oxygens (including phenoxy) is 1. The number of rotatable bonds is 8. The summed E-state index contributed by atoms with van der Waals surface area (Å²) >= 11 is 1.75. The number of thiophene rings is 1. The van der Waals surface area contributed by atoms with E-state index < -0.39 is 0 Å². The second-order valence-electron chi connectivity index (χ2n) is 4.50. The fourth-order valence-electron chi connectivity index (χ4n) is 1.75. The Morgan fingerprint density at radius 1 is 1.35 bits per heavy atom. The van der Waals surface area contributed by atoms with Gasteiger partial charge in [0.05, 0.1) is 13.2 Å². The van der Waals surface area contributed by atoms with Crippen molar-refractivity contribution in [3.05, 3.63) is 40.3 Å². The lowest BCUT2D eigenvalue weighted by atomic mass is 10.3. The second kappa shape index (κ2) is 7.94. The number of methoxy groups -OCH3 is 1. The number of aromatic nitrogens is 2. The molecular formula is C14H20N4OS. The molecule has 0 aliphatic heterocycles. The zero-order valence-corrected chi connectivity index (χ0v) is 12.7. The molecule has 20 heavy (non-hydrogen) atoms. The van der Waals surface area contributed by atoms with Gasteiger partial charge in [-0.3, -0.25) is 0 Å². The van der Waals surface area contributed by atoms with Crippen LogP contribution in [0.5, 0.6) is 0 Å². The van der Waals surface area contributed by atoms with Crippen molar-refractivity contribution < 1.29 is 4.74 Å². The lowest BCUT2D eigenvalue weighted by molar-refractivity contribution is 0.199. The lowest BCUT2D eigenvalue weighted by Crippen LogP contribution is -2.20. The predicted molar refractivity (Wildman–Crippen MR) is 82.0 cm³/mol. The molecule has 0 radical (unpaired) electrons. The van der Waals surface area contributed by atoms with Gasteiger partial charge >= 0.3 is 0 Å². The molecule has 0 spiro atoms. The highest BCUT2D eigenvalue weighted by Gasteiger charge is 2.05. The van der Waals surface area contributed by atoms with E-state index in [0.29, 0.717) is 6.61 Å². The van der Waals surface area contributed by atoms with Crippen LogP contribution in [0.15, 0.2) is 29.9 Å². The van der Waals surface area contributed by atoms with Crippen molar-refractivity contribution in [2.75, 3.05) is 32.2 Å². The summed E-state index contributed by atoms with van der Waals surface area (Å²) in [7, 11) is 3.70. The number of anilines is 1. The van der Waals surface area contributed by atoms with E-state index in [9.17, 15) is 0 Å². The van der Waals surface area contributed by atoms with Gasteiger partial charge in [0.2, 0.25) is 5.95 Å². The minimum absolute atomic E-state index is 0.711. The van der Waals surface area contributed by atoms with E-state index in [-0.39, 0.29) is 0 Å². The molecule has 0 saturated carbocycles. The molecule has 2 aromatic heterocycles. The third-order valence-electron chi connectivity index (χ3n) is 2.82. The van der Waals surface area contributed by atoms with E-state index in [1.165, 1.54) is 4.88 Å². The zero-order valence-electron chi connectivity index (χ0n) is 11.9. The molecule has 2 aromatic rings. The van der Waals surface area contributed by atoms with Crippen molar-refractivity contribution in [2.45, 2.75) is 13.1 Å². The van der Waals surface area contributed by atoms with Gasteiger partial charge in [0, 0.05) is 50.1 Å². The minimum atomic E-state index is 0.711. The molecule has 108 valence electrons. The van der Waals surface area contributed by atoms with Gasteiger partial charge in [0.15, 0.2) is 0 Å². The van der Waals surface area contributed by atoms with Crippen LogP contribution < -0.4 is 10.2 Å². The van der Waals surface area contributed by atoms with E-state index in [1.807, 2.05) is 24.3 Å². The van der Waals surface area contributed by atoms with Gasteiger partial charge in [-0.15, -0.1) is 11.3 Å². The van der Waals surface area contributed by atoms with Gasteiger partial charge in [0.25, 0.3) is 0 Å². The Kier molecular flexibility index (Phi) is 5.91. The Labute approximate surface area is 123 Å². The topological polar surface area (TPSA) is 50.3 Å². The molecule has 0 saturated heterocycles. The fraction of sp³-hybridized carbons (Fsp3) is 0.429. The monoisotopic (exact) mass is 292 g/mol. The van der Waals surface area contributed by atoms with Crippen molar-refractivity contribution in [1.82, 2.24) is 15.3 Å². The smallest absolute Gasteiger partial charge is 0.225 e. The second-order valence-corrected chi connectivity index (χ2v) is 5.53. The normalized spacial score (nSPS) is 10.7. The molecule has 0 amide bonds. The summed E-state index contributed by atoms with van der Waals surface area (Å²) < 4.78 is 4.98. The minimum Gasteiger partial charge on any atom is -0.383 e. The molecule has 0 aromatic carbocycles. The predicted octanol–water partition coefficient (Wildman–Crippen LogP) is 1.91. The lowest BCUT2D eigenvalue weighted by Gasteiger charge is -2.16. The molecule has 0 fully saturated rings. The van der Waals surface area contributed by atoms with E-state index in [0.717, 1.165) is 31.1 Å². The van der Waals surface area contributed by atoms with Crippen LogP contribution in [0.2, 0.25) is 0 Å². The van der Waals surface area contributed by atoms with Crippen molar-refractivity contribution >= 4 is 17.3 Å². The first-order chi connectivity index (χ1) is 9.79. The summed E-state index contributed by atoms with van der Waals surface area (Å²) in [5.41, 5.74) is 1.08. The van der Waals surface area contributed by atoms with Crippen LogP contribution in [-0.2, 0) is 17.8 Å². The molecular weight excluding hydrogens is 272 g/mol. The number of nitrogens with zero attached hydrogens (tertiary/aromatic N) is 3. The molecule has 0 atom stereocenters. The van der Waals surface area contributed by atoms with Crippen LogP contribution >= 0.6 is 11.3 Å². The summed E-state index contributed by atoms with van der Waals surface area (Å²) in [6.07, 6.45) is 3.74. The Bertz CT molecular complexity index is 486. The van der Waals surface area contributed by atoms with Crippen molar-refractivity contribution in [2.24, 2.45) is 0 Å². The van der Waals surface area contributed by atoms with Gasteiger partial charge in [-0.2, -0.15) is 0 Å². The third kappa shape index (κ3) is 4.56. The summed E-state index contributed by atoms with van der Waals surface area (Å²) in [6, 6.07) is 4.18. The number of hydrogen-bond donors (Lipinski definition) is 1. The summed E-state index contributed by atoms with van der Waals surface area (Å²) in [5.74, 6) is 0.749. The fourth-order valence-corrected chi connectivity index (χ4v) is 2.51. The number of hydrogen-bond acceptors (Lipinski definition) is 6. The van der Waals surface area contributed by atoms with Gasteiger partial charge in [-0.25, -0.2) is 9.97 Å². The van der Waals surface area contributed by atoms with Crippen molar-refractivity contribution in [1.29, 1.82) is 0 Å². The first-order valence-corrected chi connectivity index (χ1v) is 7.41. The van der Waals surface area contributed by atoms with Gasteiger partial charge in [0.1, 0.15) is 0 Å². The van der Waals surface area contributed by atoms with Crippen LogP contribution in [0.1, 0.15) is 10.4 Å². The van der Waals surface area contributed by atoms with Crippen LogP contribution in [0, 0.1) is 0 Å². The zero-order chi connectivity index (χ0) is 14.2. The molecule has 0 bridgehead atoms. The summed E-state index contributed by atoms with van der Waals surface area (Å²) in [4.78, 5) is 12.2. The Hall–Kier alpha value is -1.50. The average molecular weight is 292 g/mol. The van der Waals surface area contributed by atoms with E-state index in [2.05, 4.69) is 32.8 Å². The highest BCUT2D eigenvalue weighted by Crippen LogP contribution is 2.14. The maximum atomic E-state index is 4.98. The Morgan fingerprint density at radius 2 is 2.15 bits per heavy atom. The molecule has 0 aliphatic rings. The largest absolute Gasteiger partial charge is 0.383 e. The van der Waals surface area contributed by atoms with Gasteiger partial charge in [-0.1, -0.05) is 6.07 Å². The molecule has 1 N–H and O–H groups in total. The molecule has 0 aliphatic carbocycles. The van der Waals surface area contributed by atoms with Crippen LogP contribution in [-0.4, -0.2) is 37.3 Å². The number of nitrogens with one attached hydrogen (secondary N) is 1. The Morgan fingerprint density at radius 3 is 2.80 bits per heavy atom. The van der Waals surface area contributed by atoms with Crippen LogP contribution in [0.4, 0.5) is 5.95 Å². The van der Waals surface area contributed by atoms with E-state index in [1.54, 1.807) is 18.4 Å². The highest BCUT2D eigenvalue weighted by atomic mass is 32.1. The highest BCUT2D eigenvalue weighted by molar-refractivity contribution is 7.09. The maximum absolute atomic E-state index is 4.98. The van der Waals surface area contributed by atoms with Gasteiger partial charge < -0.3 is 15.0 Å². The van der Waals surface area contributed by atoms with Crippen molar-refractivity contribution in [3.63, 3.8) is 0 Å². The van der Waals surface area contributed by atoms with Crippen LogP contribution in [0.3, 0.4) is 0 Å². The maximum Gasteiger partial charge on any atom is 0.225 e. The van der Waals surface area contributed by atoms with E-state index in [4.69, 9.17) is 4.74 Å². The van der Waals surface area contributed by atoms with E-state index >= 15 is 0 Å². The Balaban J connectivity index is 1.84. The standard InChI is InChI=1S/C14H20N4OS/c1-18(11-13-4-3-7-20-13)14-16-9-12(10-17-14)8-15-5-6-19-2/h3-4,7,9-10,15H,5-6,8,11H2,1-2H3. The summed E-state index contributed by atoms with van der Waals surface area (Å²) in [5, 5.41) is 5.35. The first-order valence-electron chi connectivity index (χ1n) is 6.53. The average Bonchev–Trinajstić information content (AvgIpc) is 2.97. The molecule has 2 rings (SSSR count). The first kappa shape index (κ1) is 14.9. The third-order valence-corrected chi connectivity index (χ3v) is 3.68. The summed E-state index contributed by atoms with van der Waals surface area (Å²) in [6.45, 7) is 3.14. The molecule has 2 heterocycles. The SMILES string of the molecule is COCCNCc1cnc(N(C)Cc2cccs2)nc1. The molecule has 5 nitrogen and oxygen atoms in total.